The van der Waals surface area contributed by atoms with Crippen LogP contribution in [0.2, 0.25) is 0 Å². The molecule has 0 heterocycles. The molecule has 0 saturated heterocycles. The Morgan fingerprint density at radius 1 is 1.43 bits per heavy atom. The molecule has 0 fully saturated rings. The Morgan fingerprint density at radius 2 is 2.00 bits per heavy atom. The molecule has 0 spiro atoms. The van der Waals surface area contributed by atoms with Gasteiger partial charge in [-0.25, -0.2) is 4.39 Å². The minimum Gasteiger partial charge on any atom is -0.371 e. The van der Waals surface area contributed by atoms with Gasteiger partial charge in [0.25, 0.3) is 10.1 Å². The summed E-state index contributed by atoms with van der Waals surface area (Å²) in [6.07, 6.45) is 0. The molecule has 0 amide bonds. The maximum absolute atomic E-state index is 13.1. The lowest BCUT2D eigenvalue weighted by Crippen LogP contribution is -2.12. The van der Waals surface area contributed by atoms with Crippen LogP contribution in [0.15, 0.2) is 18.2 Å². The van der Waals surface area contributed by atoms with Crippen LogP contribution in [0.3, 0.4) is 0 Å². The summed E-state index contributed by atoms with van der Waals surface area (Å²) < 4.78 is 42.6. The molecular formula is C8H9FO4S. The summed E-state index contributed by atoms with van der Waals surface area (Å²) in [5.41, 5.74) is -2.10. The van der Waals surface area contributed by atoms with Crippen molar-refractivity contribution < 1.29 is 22.5 Å². The molecule has 0 aliphatic heterocycles. The van der Waals surface area contributed by atoms with Gasteiger partial charge in [-0.05, 0) is 18.6 Å². The third-order valence-corrected chi connectivity index (χ3v) is 2.52. The minimum absolute atomic E-state index is 0.460. The molecule has 6 heteroatoms. The Labute approximate surface area is 80.7 Å². The van der Waals surface area contributed by atoms with Crippen molar-refractivity contribution >= 4 is 10.1 Å². The number of aryl methyl sites for hydroxylation is 1. The number of hydrogen-bond acceptors (Lipinski definition) is 3. The molecule has 0 saturated carbocycles. The molecule has 1 unspecified atom stereocenters. The molecule has 0 bridgehead atoms. The van der Waals surface area contributed by atoms with Crippen LogP contribution >= 0.6 is 0 Å². The summed E-state index contributed by atoms with van der Waals surface area (Å²) >= 11 is 0. The van der Waals surface area contributed by atoms with E-state index in [0.717, 1.165) is 12.1 Å². The molecular weight excluding hydrogens is 211 g/mol. The quantitative estimate of drug-likeness (QED) is 0.729. The molecule has 4 nitrogen and oxygen atoms in total. The first-order valence-corrected chi connectivity index (χ1v) is 5.23. The second kappa shape index (κ2) is 3.64. The second-order valence-electron chi connectivity index (χ2n) is 2.89. The zero-order valence-electron chi connectivity index (χ0n) is 7.31. The highest BCUT2D eigenvalue weighted by atomic mass is 32.2. The predicted molar refractivity (Wildman–Crippen MR) is 47.6 cm³/mol. The van der Waals surface area contributed by atoms with Crippen LogP contribution < -0.4 is 0 Å². The van der Waals surface area contributed by atoms with E-state index in [4.69, 9.17) is 9.66 Å². The van der Waals surface area contributed by atoms with Crippen molar-refractivity contribution in [3.8, 4) is 0 Å². The van der Waals surface area contributed by atoms with Crippen LogP contribution in [0, 0.1) is 12.7 Å². The van der Waals surface area contributed by atoms with Gasteiger partial charge < -0.3 is 5.11 Å². The van der Waals surface area contributed by atoms with E-state index in [2.05, 4.69) is 0 Å². The van der Waals surface area contributed by atoms with E-state index >= 15 is 0 Å². The summed E-state index contributed by atoms with van der Waals surface area (Å²) in [6.45, 7) is 1.62. The fourth-order valence-electron chi connectivity index (χ4n) is 0.993. The summed E-state index contributed by atoms with van der Waals surface area (Å²) in [7, 11) is -4.68. The first kappa shape index (κ1) is 11.1. The lowest BCUT2D eigenvalue weighted by molar-refractivity contribution is 0.233. The van der Waals surface area contributed by atoms with Gasteiger partial charge in [0.05, 0.1) is 0 Å². The molecule has 0 radical (unpaired) electrons. The van der Waals surface area contributed by atoms with Crippen molar-refractivity contribution in [1.82, 2.24) is 0 Å². The number of aliphatic hydroxyl groups excluding tert-OH is 1. The number of halogens is 1. The average Bonchev–Trinajstić information content (AvgIpc) is 2.01. The second-order valence-corrected chi connectivity index (χ2v) is 4.37. The molecule has 14 heavy (non-hydrogen) atoms. The summed E-state index contributed by atoms with van der Waals surface area (Å²) in [5, 5.41) is 9.05. The van der Waals surface area contributed by atoms with Crippen molar-refractivity contribution in [3.63, 3.8) is 0 Å². The summed E-state index contributed by atoms with van der Waals surface area (Å²) in [4.78, 5) is 0. The lowest BCUT2D eigenvalue weighted by atomic mass is 10.1. The normalized spacial score (nSPS) is 14.0. The Hall–Kier alpha value is -0.980. The fourth-order valence-corrected chi connectivity index (χ4v) is 1.50. The highest BCUT2D eigenvalue weighted by Gasteiger charge is 2.24. The summed E-state index contributed by atoms with van der Waals surface area (Å²) in [6, 6.07) is 3.62. The molecule has 1 atom stereocenters. The van der Waals surface area contributed by atoms with Crippen LogP contribution in [-0.4, -0.2) is 18.1 Å². The third-order valence-electron chi connectivity index (χ3n) is 1.70. The summed E-state index contributed by atoms with van der Waals surface area (Å²) in [5.74, 6) is -0.866. The topological polar surface area (TPSA) is 74.6 Å². The van der Waals surface area contributed by atoms with E-state index in [1.54, 1.807) is 6.92 Å². The molecule has 0 aliphatic rings. The Balaban J connectivity index is 3.21. The highest BCUT2D eigenvalue weighted by molar-refractivity contribution is 7.85. The van der Waals surface area contributed by atoms with Crippen LogP contribution in [0.25, 0.3) is 0 Å². The lowest BCUT2D eigenvalue weighted by Gasteiger charge is -2.08. The smallest absolute Gasteiger partial charge is 0.296 e. The molecule has 0 aromatic heterocycles. The molecule has 78 valence electrons. The predicted octanol–water partition coefficient (Wildman–Crippen LogP) is 1.01. The van der Waals surface area contributed by atoms with E-state index in [1.807, 2.05) is 0 Å². The van der Waals surface area contributed by atoms with Crippen LogP contribution in [0.5, 0.6) is 0 Å². The number of benzene rings is 1. The van der Waals surface area contributed by atoms with Gasteiger partial charge in [0.2, 0.25) is 5.44 Å². The molecule has 1 rings (SSSR count). The van der Waals surface area contributed by atoms with E-state index in [9.17, 15) is 12.8 Å². The van der Waals surface area contributed by atoms with Crippen molar-refractivity contribution in [3.05, 3.63) is 35.1 Å². The zero-order chi connectivity index (χ0) is 10.9. The highest BCUT2D eigenvalue weighted by Crippen LogP contribution is 2.21. The van der Waals surface area contributed by atoms with Crippen molar-refractivity contribution in [2.24, 2.45) is 0 Å². The van der Waals surface area contributed by atoms with Gasteiger partial charge in [0.15, 0.2) is 0 Å². The third kappa shape index (κ3) is 2.28. The van der Waals surface area contributed by atoms with Gasteiger partial charge in [-0.3, -0.25) is 4.55 Å². The molecule has 1 aromatic rings. The number of aliphatic hydroxyl groups is 1. The van der Waals surface area contributed by atoms with Gasteiger partial charge in [0.1, 0.15) is 5.82 Å². The first-order valence-electron chi connectivity index (χ1n) is 3.73. The fraction of sp³-hybridized carbons (Fsp3) is 0.250. The zero-order valence-corrected chi connectivity index (χ0v) is 8.12. The van der Waals surface area contributed by atoms with Gasteiger partial charge in [-0.1, -0.05) is 12.1 Å². The minimum atomic E-state index is -4.68. The molecule has 1 aromatic carbocycles. The van der Waals surface area contributed by atoms with Crippen LogP contribution in [-0.2, 0) is 10.1 Å². The van der Waals surface area contributed by atoms with Gasteiger partial charge in [-0.2, -0.15) is 8.42 Å². The number of hydrogen-bond donors (Lipinski definition) is 2. The largest absolute Gasteiger partial charge is 0.371 e. The van der Waals surface area contributed by atoms with Gasteiger partial charge in [0, 0.05) is 5.56 Å². The van der Waals surface area contributed by atoms with E-state index in [0.29, 0.717) is 5.56 Å². The maximum atomic E-state index is 13.1. The Bertz CT molecular complexity index is 441. The van der Waals surface area contributed by atoms with E-state index < -0.39 is 26.9 Å². The van der Waals surface area contributed by atoms with Gasteiger partial charge in [-0.15, -0.1) is 0 Å². The Morgan fingerprint density at radius 3 is 2.43 bits per heavy atom. The van der Waals surface area contributed by atoms with Crippen LogP contribution in [0.4, 0.5) is 4.39 Å². The SMILES string of the molecule is Cc1ccc(C(O)S(=O)(=O)O)c(F)c1. The average molecular weight is 220 g/mol. The first-order chi connectivity index (χ1) is 6.32. The molecule has 0 aliphatic carbocycles. The molecule has 2 N–H and O–H groups in total. The maximum Gasteiger partial charge on any atom is 0.296 e. The van der Waals surface area contributed by atoms with E-state index in [-0.39, 0.29) is 0 Å². The van der Waals surface area contributed by atoms with Crippen molar-refractivity contribution in [1.29, 1.82) is 0 Å². The monoisotopic (exact) mass is 220 g/mol. The number of rotatable bonds is 2. The standard InChI is InChI=1S/C8H9FO4S/c1-5-2-3-6(7(9)4-5)8(10)14(11,12)13/h2-4,8,10H,1H3,(H,11,12,13). The van der Waals surface area contributed by atoms with Crippen molar-refractivity contribution in [2.45, 2.75) is 12.4 Å². The Kier molecular flexibility index (Phi) is 2.89. The van der Waals surface area contributed by atoms with Gasteiger partial charge >= 0.3 is 0 Å². The van der Waals surface area contributed by atoms with Crippen molar-refractivity contribution in [2.75, 3.05) is 0 Å². The van der Waals surface area contributed by atoms with E-state index in [1.165, 1.54) is 6.07 Å². The van der Waals surface area contributed by atoms with Crippen LogP contribution in [0.1, 0.15) is 16.6 Å².